The normalized spacial score (nSPS) is 11.5. The lowest BCUT2D eigenvalue weighted by Crippen LogP contribution is -2.13. The zero-order chi connectivity index (χ0) is 12.3. The third-order valence-electron chi connectivity index (χ3n) is 2.16. The lowest BCUT2D eigenvalue weighted by molar-refractivity contribution is 0.587. The maximum absolute atomic E-state index is 11.8. The Morgan fingerprint density at radius 3 is 2.12 bits per heavy atom. The molecule has 16 heavy (non-hydrogen) atoms. The third kappa shape index (κ3) is 2.85. The minimum atomic E-state index is -3.17. The van der Waals surface area contributed by atoms with Crippen LogP contribution in [0.15, 0.2) is 41.4 Å². The summed E-state index contributed by atoms with van der Waals surface area (Å²) in [5.74, 6) is 0. The quantitative estimate of drug-likeness (QED) is 0.878. The van der Waals surface area contributed by atoms with Crippen LogP contribution in [0, 0.1) is 0 Å². The lowest BCUT2D eigenvalue weighted by atomic mass is 10.3. The van der Waals surface area contributed by atoms with Crippen LogP contribution >= 0.6 is 0 Å². The van der Waals surface area contributed by atoms with Gasteiger partial charge in [-0.05, 0) is 45.0 Å². The smallest absolute Gasteiger partial charge is 0.180 e. The van der Waals surface area contributed by atoms with Gasteiger partial charge in [0.15, 0.2) is 9.84 Å². The molecule has 4 heteroatoms. The van der Waals surface area contributed by atoms with Gasteiger partial charge in [-0.15, -0.1) is 0 Å². The van der Waals surface area contributed by atoms with E-state index in [1.54, 1.807) is 38.1 Å². The van der Waals surface area contributed by atoms with Gasteiger partial charge in [-0.1, -0.05) is 6.58 Å². The van der Waals surface area contributed by atoms with Crippen LogP contribution in [0.3, 0.4) is 0 Å². The first-order valence-electron chi connectivity index (χ1n) is 5.10. The van der Waals surface area contributed by atoms with Crippen LogP contribution in [-0.4, -0.2) is 13.7 Å². The number of sulfone groups is 1. The zero-order valence-corrected chi connectivity index (χ0v) is 10.6. The van der Waals surface area contributed by atoms with Gasteiger partial charge in [-0.2, -0.15) is 0 Å². The SMILES string of the molecule is C=C(C)Nc1ccc(S(=O)(=O)C(C)C)cc1. The van der Waals surface area contributed by atoms with Crippen LogP contribution in [-0.2, 0) is 9.84 Å². The molecule has 0 aromatic heterocycles. The van der Waals surface area contributed by atoms with Crippen molar-refractivity contribution < 1.29 is 8.42 Å². The minimum Gasteiger partial charge on any atom is -0.360 e. The molecule has 0 atom stereocenters. The molecule has 3 nitrogen and oxygen atoms in total. The molecule has 0 amide bonds. The minimum absolute atomic E-state index is 0.356. The van der Waals surface area contributed by atoms with E-state index < -0.39 is 15.1 Å². The molecule has 0 aliphatic carbocycles. The molecule has 1 rings (SSSR count). The van der Waals surface area contributed by atoms with E-state index in [0.717, 1.165) is 11.4 Å². The number of anilines is 1. The Balaban J connectivity index is 3.00. The summed E-state index contributed by atoms with van der Waals surface area (Å²) in [5, 5.41) is 2.63. The molecule has 0 spiro atoms. The second-order valence-electron chi connectivity index (χ2n) is 4.02. The van der Waals surface area contributed by atoms with Crippen LogP contribution in [0.4, 0.5) is 5.69 Å². The Labute approximate surface area is 97.1 Å². The van der Waals surface area contributed by atoms with Crippen LogP contribution in [0.2, 0.25) is 0 Å². The largest absolute Gasteiger partial charge is 0.360 e. The number of rotatable bonds is 4. The third-order valence-corrected chi connectivity index (χ3v) is 4.33. The molecule has 1 aromatic carbocycles. The first-order valence-corrected chi connectivity index (χ1v) is 6.65. The number of nitrogens with one attached hydrogen (secondary N) is 1. The number of hydrogen-bond acceptors (Lipinski definition) is 3. The first-order chi connectivity index (χ1) is 7.34. The lowest BCUT2D eigenvalue weighted by Gasteiger charge is -2.09. The predicted molar refractivity (Wildman–Crippen MR) is 67.2 cm³/mol. The van der Waals surface area contributed by atoms with Crippen LogP contribution < -0.4 is 5.32 Å². The summed E-state index contributed by atoms with van der Waals surface area (Å²) >= 11 is 0. The second-order valence-corrected chi connectivity index (χ2v) is 6.53. The van der Waals surface area contributed by atoms with E-state index in [0.29, 0.717) is 4.90 Å². The second kappa shape index (κ2) is 4.70. The summed E-state index contributed by atoms with van der Waals surface area (Å²) in [4.78, 5) is 0.356. The maximum atomic E-state index is 11.8. The summed E-state index contributed by atoms with van der Waals surface area (Å²) in [6.07, 6.45) is 0. The molecule has 0 saturated carbocycles. The van der Waals surface area contributed by atoms with Gasteiger partial charge in [0.05, 0.1) is 10.1 Å². The van der Waals surface area contributed by atoms with Crippen molar-refractivity contribution in [1.29, 1.82) is 0 Å². The van der Waals surface area contributed by atoms with E-state index in [2.05, 4.69) is 11.9 Å². The van der Waals surface area contributed by atoms with Gasteiger partial charge >= 0.3 is 0 Å². The maximum Gasteiger partial charge on any atom is 0.180 e. The van der Waals surface area contributed by atoms with E-state index >= 15 is 0 Å². The standard InChI is InChI=1S/C12H17NO2S/c1-9(2)13-11-5-7-12(8-6-11)16(14,15)10(3)4/h5-8,10,13H,1H2,2-4H3. The van der Waals surface area contributed by atoms with E-state index in [1.807, 2.05) is 6.92 Å². The fourth-order valence-electron chi connectivity index (χ4n) is 1.25. The predicted octanol–water partition coefficient (Wildman–Crippen LogP) is 2.81. The summed E-state index contributed by atoms with van der Waals surface area (Å²) in [6.45, 7) is 8.92. The van der Waals surface area contributed by atoms with Gasteiger partial charge in [0.1, 0.15) is 0 Å². The van der Waals surface area contributed by atoms with E-state index in [1.165, 1.54) is 0 Å². The van der Waals surface area contributed by atoms with Crippen molar-refractivity contribution in [3.05, 3.63) is 36.5 Å². The fraction of sp³-hybridized carbons (Fsp3) is 0.333. The molecule has 1 aromatic rings. The van der Waals surface area contributed by atoms with Crippen molar-refractivity contribution in [2.45, 2.75) is 30.9 Å². The molecule has 1 N–H and O–H groups in total. The Kier molecular flexibility index (Phi) is 3.75. The summed E-state index contributed by atoms with van der Waals surface area (Å²) in [5.41, 5.74) is 1.66. The number of hydrogen-bond donors (Lipinski definition) is 1. The molecular formula is C12H17NO2S. The topological polar surface area (TPSA) is 46.2 Å². The first kappa shape index (κ1) is 12.8. The number of allylic oxidation sites excluding steroid dienone is 1. The van der Waals surface area contributed by atoms with Crippen molar-refractivity contribution in [2.75, 3.05) is 5.32 Å². The molecule has 0 saturated heterocycles. The van der Waals surface area contributed by atoms with Gasteiger partial charge in [0, 0.05) is 11.4 Å². The van der Waals surface area contributed by atoms with Gasteiger partial charge in [-0.25, -0.2) is 8.42 Å². The van der Waals surface area contributed by atoms with Crippen molar-refractivity contribution in [1.82, 2.24) is 0 Å². The van der Waals surface area contributed by atoms with Crippen molar-refractivity contribution in [2.24, 2.45) is 0 Å². The van der Waals surface area contributed by atoms with Gasteiger partial charge < -0.3 is 5.32 Å². The van der Waals surface area contributed by atoms with Crippen LogP contribution in [0.1, 0.15) is 20.8 Å². The Morgan fingerprint density at radius 1 is 1.25 bits per heavy atom. The molecule has 0 aliphatic heterocycles. The monoisotopic (exact) mass is 239 g/mol. The fourth-order valence-corrected chi connectivity index (χ4v) is 2.31. The van der Waals surface area contributed by atoms with Crippen LogP contribution in [0.25, 0.3) is 0 Å². The molecular weight excluding hydrogens is 222 g/mol. The number of benzene rings is 1. The Morgan fingerprint density at radius 2 is 1.75 bits per heavy atom. The van der Waals surface area contributed by atoms with Crippen molar-refractivity contribution in [3.63, 3.8) is 0 Å². The highest BCUT2D eigenvalue weighted by Crippen LogP contribution is 2.18. The molecule has 88 valence electrons. The molecule has 0 radical (unpaired) electrons. The van der Waals surface area contributed by atoms with E-state index in [9.17, 15) is 8.42 Å². The molecule has 0 aliphatic rings. The highest BCUT2D eigenvalue weighted by molar-refractivity contribution is 7.92. The molecule has 0 fully saturated rings. The average molecular weight is 239 g/mol. The van der Waals surface area contributed by atoms with E-state index in [-0.39, 0.29) is 0 Å². The van der Waals surface area contributed by atoms with Gasteiger partial charge in [0.25, 0.3) is 0 Å². The van der Waals surface area contributed by atoms with Crippen molar-refractivity contribution >= 4 is 15.5 Å². The van der Waals surface area contributed by atoms with E-state index in [4.69, 9.17) is 0 Å². The zero-order valence-electron chi connectivity index (χ0n) is 9.82. The summed E-state index contributed by atoms with van der Waals surface area (Å²) < 4.78 is 23.7. The summed E-state index contributed by atoms with van der Waals surface area (Å²) in [7, 11) is -3.17. The van der Waals surface area contributed by atoms with Crippen molar-refractivity contribution in [3.8, 4) is 0 Å². The molecule has 0 unspecified atom stereocenters. The van der Waals surface area contributed by atoms with Gasteiger partial charge in [0.2, 0.25) is 0 Å². The Bertz CT molecular complexity index is 472. The summed E-state index contributed by atoms with van der Waals surface area (Å²) in [6, 6.07) is 6.70. The molecule has 0 bridgehead atoms. The van der Waals surface area contributed by atoms with Gasteiger partial charge in [-0.3, -0.25) is 0 Å². The highest BCUT2D eigenvalue weighted by Gasteiger charge is 2.18. The Hall–Kier alpha value is -1.29. The average Bonchev–Trinajstić information content (AvgIpc) is 2.17. The highest BCUT2D eigenvalue weighted by atomic mass is 32.2. The molecule has 0 heterocycles. The van der Waals surface area contributed by atoms with Crippen LogP contribution in [0.5, 0.6) is 0 Å².